The molecule has 1 atom stereocenters. The van der Waals surface area contributed by atoms with Crippen LogP contribution in [-0.2, 0) is 0 Å². The first-order valence-electron chi connectivity index (χ1n) is 5.88. The van der Waals surface area contributed by atoms with E-state index in [0.29, 0.717) is 6.42 Å². The normalized spacial score (nSPS) is 13.4. The monoisotopic (exact) mass is 258 g/mol. The maximum Gasteiger partial charge on any atom is 0.183 e. The molecule has 0 aromatic heterocycles. The maximum absolute atomic E-state index is 13.7. The van der Waals surface area contributed by atoms with Gasteiger partial charge in [-0.05, 0) is 24.0 Å². The predicted octanol–water partition coefficient (Wildman–Crippen LogP) is 2.76. The molecule has 0 heterocycles. The van der Waals surface area contributed by atoms with Gasteiger partial charge in [0.25, 0.3) is 0 Å². The van der Waals surface area contributed by atoms with Crippen molar-refractivity contribution in [1.82, 2.24) is 0 Å². The molecule has 0 bridgehead atoms. The van der Waals surface area contributed by atoms with Crippen LogP contribution in [0.3, 0.4) is 0 Å². The van der Waals surface area contributed by atoms with E-state index in [4.69, 9.17) is 10.8 Å². The number of aliphatic hydroxyl groups excluding tert-OH is 1. The van der Waals surface area contributed by atoms with Gasteiger partial charge in [0, 0.05) is 12.6 Å². The fourth-order valence-electron chi connectivity index (χ4n) is 1.74. The lowest BCUT2D eigenvalue weighted by Gasteiger charge is -2.32. The molecule has 0 spiro atoms. The molecule has 1 aromatic rings. The van der Waals surface area contributed by atoms with Crippen LogP contribution in [0, 0.1) is 17.0 Å². The quantitative estimate of drug-likeness (QED) is 0.728. The van der Waals surface area contributed by atoms with Gasteiger partial charge in [0.1, 0.15) is 0 Å². The smallest absolute Gasteiger partial charge is 0.183 e. The summed E-state index contributed by atoms with van der Waals surface area (Å²) in [5.74, 6) is -1.93. The predicted molar refractivity (Wildman–Crippen MR) is 69.3 cm³/mol. The Hall–Kier alpha value is -1.36. The summed E-state index contributed by atoms with van der Waals surface area (Å²) in [6, 6.07) is 2.11. The largest absolute Gasteiger partial charge is 0.397 e. The van der Waals surface area contributed by atoms with Gasteiger partial charge in [-0.3, -0.25) is 0 Å². The van der Waals surface area contributed by atoms with Gasteiger partial charge < -0.3 is 16.2 Å². The Labute approximate surface area is 106 Å². The summed E-state index contributed by atoms with van der Waals surface area (Å²) in [5, 5.41) is 11.9. The van der Waals surface area contributed by atoms with Gasteiger partial charge in [-0.2, -0.15) is 0 Å². The molecule has 0 saturated carbocycles. The molecule has 0 aliphatic rings. The highest BCUT2D eigenvalue weighted by atomic mass is 19.2. The van der Waals surface area contributed by atoms with Crippen LogP contribution in [0.4, 0.5) is 20.2 Å². The number of nitrogens with two attached hydrogens (primary N) is 1. The standard InChI is InChI=1S/C13H20F2N2O/c1-13(2,3)10(6-7-18)17-12-9(16)5-4-8(14)11(12)15/h4-5,10,17-18H,6-7,16H2,1-3H3. The molecule has 18 heavy (non-hydrogen) atoms. The third-order valence-corrected chi connectivity index (χ3v) is 2.91. The van der Waals surface area contributed by atoms with Crippen LogP contribution in [0.1, 0.15) is 27.2 Å². The average molecular weight is 258 g/mol. The van der Waals surface area contributed by atoms with E-state index < -0.39 is 11.6 Å². The van der Waals surface area contributed by atoms with Crippen molar-refractivity contribution in [2.45, 2.75) is 33.2 Å². The minimum Gasteiger partial charge on any atom is -0.397 e. The fourth-order valence-corrected chi connectivity index (χ4v) is 1.74. The van der Waals surface area contributed by atoms with Crippen LogP contribution in [-0.4, -0.2) is 17.8 Å². The Kier molecular flexibility index (Phi) is 4.51. The number of aliphatic hydroxyl groups is 1. The minimum absolute atomic E-state index is 0.0359. The summed E-state index contributed by atoms with van der Waals surface area (Å²) in [4.78, 5) is 0. The lowest BCUT2D eigenvalue weighted by atomic mass is 9.84. The summed E-state index contributed by atoms with van der Waals surface area (Å²) < 4.78 is 26.8. The summed E-state index contributed by atoms with van der Waals surface area (Å²) in [6.07, 6.45) is 0.429. The van der Waals surface area contributed by atoms with Crippen LogP contribution < -0.4 is 11.1 Å². The van der Waals surface area contributed by atoms with Crippen molar-refractivity contribution < 1.29 is 13.9 Å². The molecular formula is C13H20F2N2O. The lowest BCUT2D eigenvalue weighted by molar-refractivity contribution is 0.235. The summed E-state index contributed by atoms with van der Waals surface area (Å²) in [7, 11) is 0. The van der Waals surface area contributed by atoms with Gasteiger partial charge in [-0.25, -0.2) is 8.78 Å². The maximum atomic E-state index is 13.7. The molecule has 1 rings (SSSR count). The van der Waals surface area contributed by atoms with E-state index in [1.54, 1.807) is 0 Å². The van der Waals surface area contributed by atoms with Crippen molar-refractivity contribution in [3.05, 3.63) is 23.8 Å². The minimum atomic E-state index is -0.984. The summed E-state index contributed by atoms with van der Waals surface area (Å²) in [5.41, 5.74) is 5.55. The zero-order valence-electron chi connectivity index (χ0n) is 10.9. The van der Waals surface area contributed by atoms with Crippen molar-refractivity contribution >= 4 is 11.4 Å². The third-order valence-electron chi connectivity index (χ3n) is 2.91. The van der Waals surface area contributed by atoms with Crippen molar-refractivity contribution in [3.8, 4) is 0 Å². The second kappa shape index (κ2) is 5.52. The molecule has 0 saturated heterocycles. The molecular weight excluding hydrogens is 238 g/mol. The van der Waals surface area contributed by atoms with E-state index in [1.165, 1.54) is 6.07 Å². The van der Waals surface area contributed by atoms with Crippen LogP contribution in [0.25, 0.3) is 0 Å². The average Bonchev–Trinajstić information content (AvgIpc) is 2.27. The SMILES string of the molecule is CC(C)(C)C(CCO)Nc1c(N)ccc(F)c1F. The summed E-state index contributed by atoms with van der Waals surface area (Å²) >= 11 is 0. The van der Waals surface area contributed by atoms with Crippen molar-refractivity contribution in [3.63, 3.8) is 0 Å². The van der Waals surface area contributed by atoms with Crippen molar-refractivity contribution in [1.29, 1.82) is 0 Å². The second-order valence-corrected chi connectivity index (χ2v) is 5.40. The van der Waals surface area contributed by atoms with Gasteiger partial charge in [-0.1, -0.05) is 20.8 Å². The van der Waals surface area contributed by atoms with Gasteiger partial charge in [0.2, 0.25) is 0 Å². The number of hydrogen-bond donors (Lipinski definition) is 3. The molecule has 0 fully saturated rings. The molecule has 0 radical (unpaired) electrons. The topological polar surface area (TPSA) is 58.3 Å². The van der Waals surface area contributed by atoms with Crippen molar-refractivity contribution in [2.24, 2.45) is 5.41 Å². The molecule has 5 heteroatoms. The number of hydrogen-bond acceptors (Lipinski definition) is 3. The number of rotatable bonds is 4. The Morgan fingerprint density at radius 2 is 1.94 bits per heavy atom. The Balaban J connectivity index is 3.04. The zero-order chi connectivity index (χ0) is 13.9. The molecule has 4 N–H and O–H groups in total. The van der Waals surface area contributed by atoms with Crippen LogP contribution in [0.5, 0.6) is 0 Å². The fraction of sp³-hybridized carbons (Fsp3) is 0.538. The number of nitrogen functional groups attached to an aromatic ring is 1. The number of halogens is 2. The lowest BCUT2D eigenvalue weighted by Crippen LogP contribution is -2.35. The molecule has 0 aliphatic carbocycles. The van der Waals surface area contributed by atoms with E-state index in [-0.39, 0.29) is 29.4 Å². The second-order valence-electron chi connectivity index (χ2n) is 5.40. The Bertz CT molecular complexity index is 416. The van der Waals surface area contributed by atoms with Crippen molar-refractivity contribution in [2.75, 3.05) is 17.7 Å². The molecule has 0 amide bonds. The van der Waals surface area contributed by atoms with Crippen LogP contribution >= 0.6 is 0 Å². The molecule has 102 valence electrons. The first kappa shape index (κ1) is 14.7. The Morgan fingerprint density at radius 1 is 1.33 bits per heavy atom. The van der Waals surface area contributed by atoms with E-state index in [9.17, 15) is 8.78 Å². The molecule has 3 nitrogen and oxygen atoms in total. The van der Waals surface area contributed by atoms with Gasteiger partial charge in [0.05, 0.1) is 11.4 Å². The van der Waals surface area contributed by atoms with E-state index in [2.05, 4.69) is 5.32 Å². The zero-order valence-corrected chi connectivity index (χ0v) is 10.9. The molecule has 1 unspecified atom stereocenters. The molecule has 0 aliphatic heterocycles. The highest BCUT2D eigenvalue weighted by Crippen LogP contribution is 2.30. The van der Waals surface area contributed by atoms with E-state index in [0.717, 1.165) is 6.07 Å². The molecule has 1 aromatic carbocycles. The highest BCUT2D eigenvalue weighted by Gasteiger charge is 2.26. The highest BCUT2D eigenvalue weighted by molar-refractivity contribution is 5.67. The summed E-state index contributed by atoms with van der Waals surface area (Å²) in [6.45, 7) is 5.82. The number of nitrogens with one attached hydrogen (secondary N) is 1. The first-order valence-corrected chi connectivity index (χ1v) is 5.88. The van der Waals surface area contributed by atoms with E-state index >= 15 is 0 Å². The Morgan fingerprint density at radius 3 is 2.44 bits per heavy atom. The van der Waals surface area contributed by atoms with Crippen LogP contribution in [0.2, 0.25) is 0 Å². The van der Waals surface area contributed by atoms with E-state index in [1.807, 2.05) is 20.8 Å². The van der Waals surface area contributed by atoms with Gasteiger partial charge in [-0.15, -0.1) is 0 Å². The third kappa shape index (κ3) is 3.32. The van der Waals surface area contributed by atoms with Gasteiger partial charge >= 0.3 is 0 Å². The number of benzene rings is 1. The first-order chi connectivity index (χ1) is 8.27. The van der Waals surface area contributed by atoms with Gasteiger partial charge in [0.15, 0.2) is 11.6 Å². The van der Waals surface area contributed by atoms with Crippen LogP contribution in [0.15, 0.2) is 12.1 Å². The number of anilines is 2.